The Hall–Kier alpha value is -3.16. The molecule has 33 heavy (non-hydrogen) atoms. The second-order valence-electron chi connectivity index (χ2n) is 7.88. The van der Waals surface area contributed by atoms with Crippen molar-refractivity contribution in [2.45, 2.75) is 24.0 Å². The molecule has 0 spiro atoms. The summed E-state index contributed by atoms with van der Waals surface area (Å²) in [4.78, 5) is 30.6. The summed E-state index contributed by atoms with van der Waals surface area (Å²) in [7, 11) is 0. The van der Waals surface area contributed by atoms with E-state index in [0.717, 1.165) is 24.6 Å². The van der Waals surface area contributed by atoms with Gasteiger partial charge in [0.25, 0.3) is 5.56 Å². The van der Waals surface area contributed by atoms with Crippen LogP contribution in [0.25, 0.3) is 16.6 Å². The van der Waals surface area contributed by atoms with Gasteiger partial charge in [-0.2, -0.15) is 0 Å². The van der Waals surface area contributed by atoms with E-state index in [0.29, 0.717) is 21.7 Å². The number of amides is 1. The van der Waals surface area contributed by atoms with Crippen LogP contribution in [0.3, 0.4) is 0 Å². The van der Waals surface area contributed by atoms with Crippen LogP contribution in [0.15, 0.2) is 76.7 Å². The van der Waals surface area contributed by atoms with Crippen LogP contribution in [-0.2, 0) is 17.6 Å². The zero-order valence-corrected chi connectivity index (χ0v) is 19.0. The lowest BCUT2D eigenvalue weighted by molar-refractivity contribution is -0.119. The first kappa shape index (κ1) is 21.7. The summed E-state index contributed by atoms with van der Waals surface area (Å²) in [6, 6.07) is 19.3. The lowest BCUT2D eigenvalue weighted by atomic mass is 10.1. The Labute approximate surface area is 198 Å². The number of hydrogen-bond donors (Lipinski definition) is 1. The molecule has 5 nitrogen and oxygen atoms in total. The van der Waals surface area contributed by atoms with Crippen LogP contribution >= 0.6 is 23.4 Å². The minimum absolute atomic E-state index is 0.0539. The van der Waals surface area contributed by atoms with E-state index in [4.69, 9.17) is 11.6 Å². The molecule has 1 amide bonds. The normalized spacial score (nSPS) is 13.3. The van der Waals surface area contributed by atoms with Crippen LogP contribution in [-0.4, -0.2) is 27.3 Å². The molecule has 0 atom stereocenters. The Kier molecular flexibility index (Phi) is 5.91. The lowest BCUT2D eigenvalue weighted by Crippen LogP contribution is -2.36. The van der Waals surface area contributed by atoms with Crippen molar-refractivity contribution in [2.75, 3.05) is 5.75 Å². The number of aromatic nitrogens is 2. The van der Waals surface area contributed by atoms with Crippen molar-refractivity contribution < 1.29 is 9.18 Å². The van der Waals surface area contributed by atoms with Gasteiger partial charge in [-0.15, -0.1) is 0 Å². The van der Waals surface area contributed by atoms with E-state index in [1.165, 1.54) is 33.9 Å². The van der Waals surface area contributed by atoms with Gasteiger partial charge in [0.2, 0.25) is 5.91 Å². The Morgan fingerprint density at radius 2 is 1.79 bits per heavy atom. The van der Waals surface area contributed by atoms with E-state index in [-0.39, 0.29) is 28.3 Å². The summed E-state index contributed by atoms with van der Waals surface area (Å²) in [6.45, 7) is 0. The molecular weight excluding hydrogens is 461 g/mol. The highest BCUT2D eigenvalue weighted by Gasteiger charge is 2.23. The van der Waals surface area contributed by atoms with Gasteiger partial charge in [-0.05, 0) is 54.3 Å². The SMILES string of the molecule is O=C(CSc1nc2ccccc2c(=O)n1-c1ccc(F)c(Cl)c1)NC1Cc2ccccc2C1. The number of halogens is 2. The molecule has 1 aromatic heterocycles. The fourth-order valence-electron chi connectivity index (χ4n) is 4.12. The molecule has 4 aromatic rings. The molecule has 0 bridgehead atoms. The van der Waals surface area contributed by atoms with Crippen molar-refractivity contribution in [3.8, 4) is 5.69 Å². The molecule has 1 aliphatic carbocycles. The molecule has 0 unspecified atom stereocenters. The minimum atomic E-state index is -0.576. The van der Waals surface area contributed by atoms with Crippen LogP contribution in [0, 0.1) is 5.82 Å². The van der Waals surface area contributed by atoms with E-state index in [2.05, 4.69) is 22.4 Å². The van der Waals surface area contributed by atoms with Crippen molar-refractivity contribution in [3.05, 3.63) is 99.1 Å². The molecule has 5 rings (SSSR count). The van der Waals surface area contributed by atoms with Gasteiger partial charge in [-0.25, -0.2) is 9.37 Å². The van der Waals surface area contributed by atoms with Crippen molar-refractivity contribution in [1.82, 2.24) is 14.9 Å². The number of benzene rings is 3. The summed E-state index contributed by atoms with van der Waals surface area (Å²) in [5.41, 5.74) is 3.12. The topological polar surface area (TPSA) is 64.0 Å². The third-order valence-corrected chi connectivity index (χ3v) is 6.88. The lowest BCUT2D eigenvalue weighted by Gasteiger charge is -2.15. The predicted molar refractivity (Wildman–Crippen MR) is 129 cm³/mol. The number of rotatable bonds is 5. The van der Waals surface area contributed by atoms with Gasteiger partial charge >= 0.3 is 0 Å². The summed E-state index contributed by atoms with van der Waals surface area (Å²) >= 11 is 7.13. The van der Waals surface area contributed by atoms with Crippen molar-refractivity contribution in [2.24, 2.45) is 0 Å². The van der Waals surface area contributed by atoms with E-state index in [1.54, 1.807) is 24.3 Å². The molecular formula is C25H19ClFN3O2S. The van der Waals surface area contributed by atoms with Gasteiger partial charge in [-0.1, -0.05) is 59.8 Å². The van der Waals surface area contributed by atoms with Gasteiger partial charge in [0.1, 0.15) is 5.82 Å². The monoisotopic (exact) mass is 479 g/mol. The van der Waals surface area contributed by atoms with Gasteiger partial charge in [0, 0.05) is 6.04 Å². The molecule has 1 heterocycles. The van der Waals surface area contributed by atoms with Crippen LogP contribution in [0.5, 0.6) is 0 Å². The smallest absolute Gasteiger partial charge is 0.266 e. The van der Waals surface area contributed by atoms with E-state index < -0.39 is 5.82 Å². The number of fused-ring (bicyclic) bond motifs is 2. The fraction of sp³-hybridized carbons (Fsp3) is 0.160. The highest BCUT2D eigenvalue weighted by Crippen LogP contribution is 2.25. The maximum atomic E-state index is 13.7. The quantitative estimate of drug-likeness (QED) is 0.337. The molecule has 0 fully saturated rings. The number of carbonyl (C=O) groups excluding carboxylic acids is 1. The number of hydrogen-bond acceptors (Lipinski definition) is 4. The van der Waals surface area contributed by atoms with E-state index in [1.807, 2.05) is 12.1 Å². The number of nitrogens with one attached hydrogen (secondary N) is 1. The average Bonchev–Trinajstić information content (AvgIpc) is 3.22. The van der Waals surface area contributed by atoms with Crippen LogP contribution < -0.4 is 10.9 Å². The molecule has 0 aliphatic heterocycles. The third-order valence-electron chi connectivity index (χ3n) is 5.65. The average molecular weight is 480 g/mol. The van der Waals surface area contributed by atoms with Gasteiger partial charge < -0.3 is 5.32 Å². The Balaban J connectivity index is 1.41. The van der Waals surface area contributed by atoms with Crippen molar-refractivity contribution >= 4 is 40.2 Å². The van der Waals surface area contributed by atoms with Crippen molar-refractivity contribution in [3.63, 3.8) is 0 Å². The van der Waals surface area contributed by atoms with Crippen LogP contribution in [0.2, 0.25) is 5.02 Å². The maximum absolute atomic E-state index is 13.7. The van der Waals surface area contributed by atoms with Crippen LogP contribution in [0.4, 0.5) is 4.39 Å². The first-order valence-corrected chi connectivity index (χ1v) is 11.8. The second-order valence-corrected chi connectivity index (χ2v) is 9.23. The summed E-state index contributed by atoms with van der Waals surface area (Å²) in [5.74, 6) is -0.621. The molecule has 8 heteroatoms. The number of para-hydroxylation sites is 1. The van der Waals surface area contributed by atoms with Gasteiger partial charge in [0.05, 0.1) is 27.4 Å². The molecule has 3 aromatic carbocycles. The fourth-order valence-corrected chi connectivity index (χ4v) is 5.12. The molecule has 0 radical (unpaired) electrons. The highest BCUT2D eigenvalue weighted by atomic mass is 35.5. The molecule has 0 saturated heterocycles. The highest BCUT2D eigenvalue weighted by molar-refractivity contribution is 7.99. The second kappa shape index (κ2) is 9.00. The summed E-state index contributed by atoms with van der Waals surface area (Å²) in [5, 5.41) is 3.75. The zero-order valence-electron chi connectivity index (χ0n) is 17.4. The van der Waals surface area contributed by atoms with Gasteiger partial charge in [0.15, 0.2) is 5.16 Å². The third kappa shape index (κ3) is 4.38. The molecule has 1 aliphatic rings. The number of carbonyl (C=O) groups is 1. The predicted octanol–water partition coefficient (Wildman–Crippen LogP) is 4.55. The number of thioether (sulfide) groups is 1. The number of nitrogens with zero attached hydrogens (tertiary/aromatic N) is 2. The molecule has 1 N–H and O–H groups in total. The maximum Gasteiger partial charge on any atom is 0.266 e. The first-order valence-electron chi connectivity index (χ1n) is 10.5. The zero-order chi connectivity index (χ0) is 22.9. The Morgan fingerprint density at radius 1 is 1.09 bits per heavy atom. The standard InChI is InChI=1S/C25H19ClFN3O2S/c26-20-13-18(9-10-21(20)27)30-24(32)19-7-3-4-8-22(19)29-25(30)33-14-23(31)28-17-11-15-5-1-2-6-16(15)12-17/h1-10,13,17H,11-12,14H2,(H,28,31). The summed E-state index contributed by atoms with van der Waals surface area (Å²) < 4.78 is 15.1. The van der Waals surface area contributed by atoms with Gasteiger partial charge in [-0.3, -0.25) is 14.2 Å². The van der Waals surface area contributed by atoms with E-state index >= 15 is 0 Å². The summed E-state index contributed by atoms with van der Waals surface area (Å²) in [6.07, 6.45) is 1.61. The first-order chi connectivity index (χ1) is 16.0. The minimum Gasteiger partial charge on any atom is -0.352 e. The largest absolute Gasteiger partial charge is 0.352 e. The van der Waals surface area contributed by atoms with E-state index in [9.17, 15) is 14.0 Å². The van der Waals surface area contributed by atoms with Crippen molar-refractivity contribution in [1.29, 1.82) is 0 Å². The molecule has 166 valence electrons. The Morgan fingerprint density at radius 3 is 2.52 bits per heavy atom. The molecule has 0 saturated carbocycles. The Bertz CT molecular complexity index is 1410. The van der Waals surface area contributed by atoms with Crippen LogP contribution in [0.1, 0.15) is 11.1 Å².